The van der Waals surface area contributed by atoms with Crippen LogP contribution in [0.25, 0.3) is 10.6 Å². The second kappa shape index (κ2) is 6.46. The average Bonchev–Trinajstić information content (AvgIpc) is 2.99. The molecule has 124 valence electrons. The first-order valence-corrected chi connectivity index (χ1v) is 9.38. The second-order valence-corrected chi connectivity index (χ2v) is 7.74. The molecule has 0 fully saturated rings. The van der Waals surface area contributed by atoms with Crippen LogP contribution in [0.2, 0.25) is 5.02 Å². The van der Waals surface area contributed by atoms with E-state index in [4.69, 9.17) is 11.6 Å². The van der Waals surface area contributed by atoms with Gasteiger partial charge < -0.3 is 0 Å². The van der Waals surface area contributed by atoms with Gasteiger partial charge in [0.1, 0.15) is 15.7 Å². The summed E-state index contributed by atoms with van der Waals surface area (Å²) < 4.78 is 44.6. The zero-order valence-electron chi connectivity index (χ0n) is 12.3. The van der Waals surface area contributed by atoms with Gasteiger partial charge in [-0.3, -0.25) is 0 Å². The summed E-state index contributed by atoms with van der Waals surface area (Å²) in [5.41, 5.74) is 1.01. The van der Waals surface area contributed by atoms with Crippen LogP contribution in [-0.2, 0) is 10.0 Å². The lowest BCUT2D eigenvalue weighted by Gasteiger charge is -2.08. The Hall–Kier alpha value is -2.03. The van der Waals surface area contributed by atoms with Crippen LogP contribution in [0.5, 0.6) is 0 Å². The Morgan fingerprint density at radius 1 is 1.21 bits per heavy atom. The van der Waals surface area contributed by atoms with E-state index in [2.05, 4.69) is 14.1 Å². The van der Waals surface area contributed by atoms with Crippen LogP contribution in [0.15, 0.2) is 47.4 Å². The maximum Gasteiger partial charge on any atom is 0.265 e. The molecule has 0 aliphatic carbocycles. The SMILES string of the molecule is Cc1cc(S(=O)(=O)Nc2nsc(-c3ccccc3)n2)c(Cl)cc1F. The zero-order valence-corrected chi connectivity index (χ0v) is 14.7. The van der Waals surface area contributed by atoms with Gasteiger partial charge in [0.15, 0.2) is 0 Å². The summed E-state index contributed by atoms with van der Waals surface area (Å²) in [5.74, 6) is -0.631. The topological polar surface area (TPSA) is 72.0 Å². The zero-order chi connectivity index (χ0) is 17.3. The van der Waals surface area contributed by atoms with E-state index in [0.717, 1.165) is 23.2 Å². The maximum absolute atomic E-state index is 13.4. The Morgan fingerprint density at radius 2 is 1.92 bits per heavy atom. The molecule has 24 heavy (non-hydrogen) atoms. The minimum absolute atomic E-state index is 0.0584. The third-order valence-corrected chi connectivity index (χ3v) is 5.73. The first kappa shape index (κ1) is 16.8. The fourth-order valence-corrected chi connectivity index (χ4v) is 4.20. The minimum Gasteiger partial charge on any atom is -0.246 e. The van der Waals surface area contributed by atoms with Gasteiger partial charge >= 0.3 is 0 Å². The van der Waals surface area contributed by atoms with E-state index in [-0.39, 0.29) is 21.4 Å². The van der Waals surface area contributed by atoms with Crippen LogP contribution in [0, 0.1) is 12.7 Å². The number of anilines is 1. The molecule has 1 heterocycles. The molecule has 9 heteroatoms. The summed E-state index contributed by atoms with van der Waals surface area (Å²) in [5, 5.41) is 0.374. The molecule has 1 N–H and O–H groups in total. The van der Waals surface area contributed by atoms with Crippen molar-refractivity contribution < 1.29 is 12.8 Å². The van der Waals surface area contributed by atoms with Crippen molar-refractivity contribution in [2.45, 2.75) is 11.8 Å². The predicted molar refractivity (Wildman–Crippen MR) is 92.3 cm³/mol. The summed E-state index contributed by atoms with van der Waals surface area (Å²) in [6, 6.07) is 11.4. The molecule has 0 radical (unpaired) electrons. The number of sulfonamides is 1. The molecule has 0 aliphatic heterocycles. The van der Waals surface area contributed by atoms with Crippen LogP contribution in [0.4, 0.5) is 10.3 Å². The number of rotatable bonds is 4. The summed E-state index contributed by atoms with van der Waals surface area (Å²) in [6.07, 6.45) is 0. The summed E-state index contributed by atoms with van der Waals surface area (Å²) in [6.45, 7) is 1.46. The van der Waals surface area contributed by atoms with Crippen molar-refractivity contribution in [1.82, 2.24) is 9.36 Å². The third kappa shape index (κ3) is 3.40. The summed E-state index contributed by atoms with van der Waals surface area (Å²) in [7, 11) is -4.02. The van der Waals surface area contributed by atoms with E-state index < -0.39 is 15.8 Å². The standard InChI is InChI=1S/C15H11ClFN3O2S2/c1-9-7-13(11(16)8-12(9)17)24(21,22)20-15-18-14(23-19-15)10-5-3-2-4-6-10/h2-8H,1H3,(H,19,20). The fraction of sp³-hybridized carbons (Fsp3) is 0.0667. The van der Waals surface area contributed by atoms with Crippen molar-refractivity contribution in [2.75, 3.05) is 4.72 Å². The quantitative estimate of drug-likeness (QED) is 0.736. The molecule has 2 aromatic carbocycles. The van der Waals surface area contributed by atoms with Crippen molar-refractivity contribution in [1.29, 1.82) is 0 Å². The summed E-state index contributed by atoms with van der Waals surface area (Å²) in [4.78, 5) is 3.94. The second-order valence-electron chi connectivity index (χ2n) is 4.93. The lowest BCUT2D eigenvalue weighted by atomic mass is 10.2. The summed E-state index contributed by atoms with van der Waals surface area (Å²) >= 11 is 6.92. The lowest BCUT2D eigenvalue weighted by Crippen LogP contribution is -2.15. The Bertz CT molecular complexity index is 991. The number of hydrogen-bond donors (Lipinski definition) is 1. The molecule has 0 atom stereocenters. The fourth-order valence-electron chi connectivity index (χ4n) is 1.97. The van der Waals surface area contributed by atoms with Gasteiger partial charge in [-0.05, 0) is 36.2 Å². The number of nitrogens with zero attached hydrogens (tertiary/aromatic N) is 2. The minimum atomic E-state index is -4.02. The molecule has 5 nitrogen and oxygen atoms in total. The maximum atomic E-state index is 13.4. The number of benzene rings is 2. The molecule has 0 aliphatic rings. The lowest BCUT2D eigenvalue weighted by molar-refractivity contribution is 0.598. The van der Waals surface area contributed by atoms with E-state index in [1.54, 1.807) is 0 Å². The van der Waals surface area contributed by atoms with E-state index in [9.17, 15) is 12.8 Å². The molecular formula is C15H11ClFN3O2S2. The van der Waals surface area contributed by atoms with E-state index in [1.807, 2.05) is 30.3 Å². The normalized spacial score (nSPS) is 11.5. The predicted octanol–water partition coefficient (Wildman–Crippen LogP) is 4.11. The number of aromatic nitrogens is 2. The molecule has 0 spiro atoms. The monoisotopic (exact) mass is 383 g/mol. The highest BCUT2D eigenvalue weighted by atomic mass is 35.5. The highest BCUT2D eigenvalue weighted by molar-refractivity contribution is 7.92. The smallest absolute Gasteiger partial charge is 0.246 e. The first-order valence-electron chi connectivity index (χ1n) is 6.74. The number of aryl methyl sites for hydroxylation is 1. The molecule has 0 unspecified atom stereocenters. The molecule has 3 rings (SSSR count). The van der Waals surface area contributed by atoms with Crippen LogP contribution in [0.3, 0.4) is 0 Å². The van der Waals surface area contributed by atoms with Crippen LogP contribution in [-0.4, -0.2) is 17.8 Å². The molecule has 1 aromatic heterocycles. The number of halogens is 2. The van der Waals surface area contributed by atoms with Crippen molar-refractivity contribution in [3.05, 3.63) is 58.9 Å². The van der Waals surface area contributed by atoms with Crippen LogP contribution >= 0.6 is 23.1 Å². The Kier molecular flexibility index (Phi) is 4.53. The Labute approximate surface area is 147 Å². The van der Waals surface area contributed by atoms with E-state index in [0.29, 0.717) is 5.01 Å². The van der Waals surface area contributed by atoms with Gasteiger partial charge in [-0.15, -0.1) is 0 Å². The van der Waals surface area contributed by atoms with Crippen molar-refractivity contribution in [2.24, 2.45) is 0 Å². The molecule has 3 aromatic rings. The van der Waals surface area contributed by atoms with Gasteiger partial charge in [-0.1, -0.05) is 41.9 Å². The molecule has 0 saturated carbocycles. The van der Waals surface area contributed by atoms with Crippen molar-refractivity contribution >= 4 is 39.1 Å². The van der Waals surface area contributed by atoms with Crippen molar-refractivity contribution in [3.8, 4) is 10.6 Å². The van der Waals surface area contributed by atoms with Gasteiger partial charge in [0.05, 0.1) is 5.02 Å². The van der Waals surface area contributed by atoms with Gasteiger partial charge in [0.2, 0.25) is 5.95 Å². The number of hydrogen-bond acceptors (Lipinski definition) is 5. The largest absolute Gasteiger partial charge is 0.265 e. The van der Waals surface area contributed by atoms with Gasteiger partial charge in [0, 0.05) is 5.56 Å². The Balaban J connectivity index is 1.91. The molecule has 0 saturated heterocycles. The first-order chi connectivity index (χ1) is 11.4. The van der Waals surface area contributed by atoms with Crippen LogP contribution < -0.4 is 4.72 Å². The van der Waals surface area contributed by atoms with E-state index >= 15 is 0 Å². The van der Waals surface area contributed by atoms with E-state index in [1.165, 1.54) is 13.0 Å². The molecular weight excluding hydrogens is 373 g/mol. The van der Waals surface area contributed by atoms with Crippen LogP contribution in [0.1, 0.15) is 5.56 Å². The van der Waals surface area contributed by atoms with Gasteiger partial charge in [0.25, 0.3) is 10.0 Å². The van der Waals surface area contributed by atoms with Gasteiger partial charge in [-0.25, -0.2) is 17.5 Å². The number of nitrogens with one attached hydrogen (secondary N) is 1. The molecule has 0 bridgehead atoms. The average molecular weight is 384 g/mol. The Morgan fingerprint density at radius 3 is 2.62 bits per heavy atom. The van der Waals surface area contributed by atoms with Crippen molar-refractivity contribution in [3.63, 3.8) is 0 Å². The molecule has 0 amide bonds. The highest BCUT2D eigenvalue weighted by Crippen LogP contribution is 2.28. The highest BCUT2D eigenvalue weighted by Gasteiger charge is 2.22. The van der Waals surface area contributed by atoms with Gasteiger partial charge in [-0.2, -0.15) is 9.36 Å². The third-order valence-electron chi connectivity index (χ3n) is 3.18.